The van der Waals surface area contributed by atoms with E-state index in [0.29, 0.717) is 10.2 Å². The third-order valence-electron chi connectivity index (χ3n) is 3.82. The van der Waals surface area contributed by atoms with Crippen LogP contribution >= 0.6 is 24.4 Å². The first kappa shape index (κ1) is 17.1. The Morgan fingerprint density at radius 2 is 1.05 bits per heavy atom. The van der Waals surface area contributed by atoms with Crippen LogP contribution in [0, 0.1) is 0 Å². The van der Waals surface area contributed by atoms with Crippen molar-refractivity contribution in [1.82, 2.24) is 20.7 Å². The number of piperidine rings is 2. The number of thiocarbonyl (C=S) groups is 2. The first-order chi connectivity index (χ1) is 10.8. The second-order valence-electron chi connectivity index (χ2n) is 5.49. The highest BCUT2D eigenvalue weighted by Crippen LogP contribution is 2.09. The Labute approximate surface area is 143 Å². The van der Waals surface area contributed by atoms with Crippen molar-refractivity contribution in [2.24, 2.45) is 10.2 Å². The number of hydrogen-bond donors (Lipinski definition) is 2. The lowest BCUT2D eigenvalue weighted by Crippen LogP contribution is -2.41. The van der Waals surface area contributed by atoms with E-state index >= 15 is 0 Å². The van der Waals surface area contributed by atoms with E-state index < -0.39 is 0 Å². The summed E-state index contributed by atoms with van der Waals surface area (Å²) in [6.45, 7) is 4.06. The van der Waals surface area contributed by atoms with Gasteiger partial charge < -0.3 is 9.80 Å². The molecule has 2 N–H and O–H groups in total. The molecule has 0 radical (unpaired) electrons. The van der Waals surface area contributed by atoms with Crippen LogP contribution in [0.1, 0.15) is 38.5 Å². The number of rotatable bonds is 3. The molecule has 0 aliphatic carbocycles. The number of nitrogens with one attached hydrogen (secondary N) is 2. The largest absolute Gasteiger partial charge is 0.348 e. The smallest absolute Gasteiger partial charge is 0.189 e. The van der Waals surface area contributed by atoms with Gasteiger partial charge in [-0.15, -0.1) is 0 Å². The Hall–Kier alpha value is -1.28. The summed E-state index contributed by atoms with van der Waals surface area (Å²) in [6, 6.07) is 0. The summed E-state index contributed by atoms with van der Waals surface area (Å²) in [5.41, 5.74) is 5.74. The maximum absolute atomic E-state index is 5.29. The molecule has 0 aromatic carbocycles. The molecule has 2 saturated heterocycles. The van der Waals surface area contributed by atoms with Crippen molar-refractivity contribution in [3.63, 3.8) is 0 Å². The van der Waals surface area contributed by atoms with Gasteiger partial charge in [-0.1, -0.05) is 0 Å². The Kier molecular flexibility index (Phi) is 7.51. The van der Waals surface area contributed by atoms with Gasteiger partial charge in [0, 0.05) is 26.2 Å². The minimum Gasteiger partial charge on any atom is -0.348 e. The zero-order chi connectivity index (χ0) is 15.6. The van der Waals surface area contributed by atoms with Gasteiger partial charge >= 0.3 is 0 Å². The van der Waals surface area contributed by atoms with Crippen LogP contribution in [-0.4, -0.2) is 58.6 Å². The number of hydrogen-bond acceptors (Lipinski definition) is 4. The summed E-state index contributed by atoms with van der Waals surface area (Å²) in [5, 5.41) is 9.47. The van der Waals surface area contributed by atoms with Gasteiger partial charge in [0.05, 0.1) is 12.4 Å². The first-order valence-corrected chi connectivity index (χ1v) is 8.73. The van der Waals surface area contributed by atoms with Gasteiger partial charge in [0.1, 0.15) is 0 Å². The number of hydrazone groups is 2. The number of nitrogens with zero attached hydrogens (tertiary/aromatic N) is 4. The SMILES string of the molecule is S=C(N/N=C\C=N\NC(=S)N1CCCCC1)N1CCCCC1. The molecule has 2 fully saturated rings. The van der Waals surface area contributed by atoms with Crippen molar-refractivity contribution in [3.8, 4) is 0 Å². The van der Waals surface area contributed by atoms with Gasteiger partial charge in [0.25, 0.3) is 0 Å². The molecule has 0 amide bonds. The molecule has 0 bridgehead atoms. The highest BCUT2D eigenvalue weighted by molar-refractivity contribution is 7.80. The van der Waals surface area contributed by atoms with E-state index in [1.165, 1.54) is 38.5 Å². The molecular weight excluding hydrogens is 316 g/mol. The van der Waals surface area contributed by atoms with Crippen LogP contribution in [0.3, 0.4) is 0 Å². The van der Waals surface area contributed by atoms with E-state index in [0.717, 1.165) is 26.2 Å². The topological polar surface area (TPSA) is 55.3 Å². The molecule has 2 rings (SSSR count). The van der Waals surface area contributed by atoms with Gasteiger partial charge in [-0.25, -0.2) is 0 Å². The second-order valence-corrected chi connectivity index (χ2v) is 6.26. The van der Waals surface area contributed by atoms with E-state index in [1.54, 1.807) is 12.4 Å². The predicted molar refractivity (Wildman–Crippen MR) is 99.3 cm³/mol. The summed E-state index contributed by atoms with van der Waals surface area (Å²) < 4.78 is 0. The molecule has 2 heterocycles. The van der Waals surface area contributed by atoms with E-state index in [4.69, 9.17) is 24.4 Å². The molecule has 0 saturated carbocycles. The predicted octanol–water partition coefficient (Wildman–Crippen LogP) is 1.68. The molecule has 8 heteroatoms. The van der Waals surface area contributed by atoms with Gasteiger partial charge in [0.15, 0.2) is 10.2 Å². The lowest BCUT2D eigenvalue weighted by Gasteiger charge is -2.28. The van der Waals surface area contributed by atoms with E-state index in [2.05, 4.69) is 30.9 Å². The summed E-state index contributed by atoms with van der Waals surface area (Å²) in [4.78, 5) is 4.30. The molecule has 0 aromatic rings. The van der Waals surface area contributed by atoms with Crippen molar-refractivity contribution in [1.29, 1.82) is 0 Å². The lowest BCUT2D eigenvalue weighted by atomic mass is 10.1. The van der Waals surface area contributed by atoms with Crippen LogP contribution < -0.4 is 10.9 Å². The number of likely N-dealkylation sites (tertiary alicyclic amines) is 2. The molecule has 0 aromatic heterocycles. The van der Waals surface area contributed by atoms with Gasteiger partial charge in [-0.2, -0.15) is 10.2 Å². The first-order valence-electron chi connectivity index (χ1n) is 7.92. The van der Waals surface area contributed by atoms with Crippen LogP contribution in [-0.2, 0) is 0 Å². The Morgan fingerprint density at radius 3 is 1.41 bits per heavy atom. The summed E-state index contributed by atoms with van der Waals surface area (Å²) in [6.07, 6.45) is 10.5. The van der Waals surface area contributed by atoms with E-state index in [1.807, 2.05) is 0 Å². The van der Waals surface area contributed by atoms with Gasteiger partial charge in [0.2, 0.25) is 0 Å². The molecule has 6 nitrogen and oxygen atoms in total. The standard InChI is InChI=1S/C14H24N6S2/c21-13(19-9-3-1-4-10-19)17-15-7-8-16-18-14(22)20-11-5-2-6-12-20/h7-8H,1-6,9-12H2,(H,17,21)(H,18,22)/b15-7-,16-8+. The molecule has 122 valence electrons. The van der Waals surface area contributed by atoms with Crippen LogP contribution in [0.2, 0.25) is 0 Å². The van der Waals surface area contributed by atoms with Crippen molar-refractivity contribution in [2.45, 2.75) is 38.5 Å². The van der Waals surface area contributed by atoms with Crippen molar-refractivity contribution in [3.05, 3.63) is 0 Å². The highest BCUT2D eigenvalue weighted by Gasteiger charge is 2.12. The van der Waals surface area contributed by atoms with Crippen LogP contribution in [0.4, 0.5) is 0 Å². The summed E-state index contributed by atoms with van der Waals surface area (Å²) in [7, 11) is 0. The third kappa shape index (κ3) is 5.84. The Bertz CT molecular complexity index is 385. The Morgan fingerprint density at radius 1 is 0.682 bits per heavy atom. The molecule has 0 spiro atoms. The Balaban J connectivity index is 1.61. The highest BCUT2D eigenvalue weighted by atomic mass is 32.1. The van der Waals surface area contributed by atoms with Crippen LogP contribution in [0.5, 0.6) is 0 Å². The van der Waals surface area contributed by atoms with Gasteiger partial charge in [-0.05, 0) is 63.0 Å². The normalized spacial score (nSPS) is 19.6. The monoisotopic (exact) mass is 340 g/mol. The molecular formula is C14H24N6S2. The third-order valence-corrected chi connectivity index (χ3v) is 4.52. The summed E-state index contributed by atoms with van der Waals surface area (Å²) in [5.74, 6) is 0. The molecule has 0 unspecified atom stereocenters. The van der Waals surface area contributed by atoms with Crippen molar-refractivity contribution >= 4 is 47.1 Å². The fourth-order valence-electron chi connectivity index (χ4n) is 2.59. The van der Waals surface area contributed by atoms with E-state index in [-0.39, 0.29) is 0 Å². The minimum absolute atomic E-state index is 0.682. The molecule has 2 aliphatic heterocycles. The molecule has 22 heavy (non-hydrogen) atoms. The maximum Gasteiger partial charge on any atom is 0.189 e. The van der Waals surface area contributed by atoms with E-state index in [9.17, 15) is 0 Å². The molecule has 2 aliphatic rings. The fraction of sp³-hybridized carbons (Fsp3) is 0.714. The zero-order valence-electron chi connectivity index (χ0n) is 12.8. The van der Waals surface area contributed by atoms with Crippen LogP contribution in [0.15, 0.2) is 10.2 Å². The lowest BCUT2D eigenvalue weighted by molar-refractivity contribution is 0.338. The average Bonchev–Trinajstić information content (AvgIpc) is 2.59. The summed E-state index contributed by atoms with van der Waals surface area (Å²) >= 11 is 10.6. The van der Waals surface area contributed by atoms with Crippen LogP contribution in [0.25, 0.3) is 0 Å². The average molecular weight is 341 g/mol. The van der Waals surface area contributed by atoms with Gasteiger partial charge in [-0.3, -0.25) is 10.9 Å². The quantitative estimate of drug-likeness (QED) is 0.463. The maximum atomic E-state index is 5.29. The van der Waals surface area contributed by atoms with Crippen molar-refractivity contribution < 1.29 is 0 Å². The zero-order valence-corrected chi connectivity index (χ0v) is 14.5. The fourth-order valence-corrected chi connectivity index (χ4v) is 3.06. The minimum atomic E-state index is 0.682. The molecule has 0 atom stereocenters. The second kappa shape index (κ2) is 9.68. The van der Waals surface area contributed by atoms with Crippen molar-refractivity contribution in [2.75, 3.05) is 26.2 Å².